The van der Waals surface area contributed by atoms with Gasteiger partial charge in [-0.1, -0.05) is 6.07 Å². The van der Waals surface area contributed by atoms with Crippen molar-refractivity contribution in [2.75, 3.05) is 13.3 Å². The summed E-state index contributed by atoms with van der Waals surface area (Å²) in [6, 6.07) is 11.1. The Morgan fingerprint density at radius 3 is 2.70 bits per heavy atom. The fourth-order valence-corrected chi connectivity index (χ4v) is 2.56. The zero-order valence-electron chi connectivity index (χ0n) is 14.3. The van der Waals surface area contributed by atoms with E-state index in [9.17, 15) is 20.0 Å². The van der Waals surface area contributed by atoms with Crippen molar-refractivity contribution in [3.63, 3.8) is 0 Å². The van der Waals surface area contributed by atoms with E-state index in [2.05, 4.69) is 5.32 Å². The van der Waals surface area contributed by atoms with Crippen LogP contribution in [-0.2, 0) is 4.79 Å². The number of amides is 1. The lowest BCUT2D eigenvalue weighted by molar-refractivity contribution is -0.384. The van der Waals surface area contributed by atoms with E-state index >= 15 is 0 Å². The third-order valence-corrected chi connectivity index (χ3v) is 4.03. The van der Waals surface area contributed by atoms with E-state index in [4.69, 9.17) is 9.47 Å². The minimum absolute atomic E-state index is 0.00546. The van der Waals surface area contributed by atoms with Crippen LogP contribution in [0.3, 0.4) is 0 Å². The molecule has 0 saturated heterocycles. The number of aliphatic hydroxyl groups excluding tert-OH is 1. The van der Waals surface area contributed by atoms with Gasteiger partial charge in [-0.05, 0) is 47.9 Å². The SMILES string of the molecule is O=C(/C=C/c1ccc([N+](=O)[O-])cc1)NCCC(O)c1ccc2c(c1)OCO2. The average Bonchev–Trinajstić information content (AvgIpc) is 3.14. The highest BCUT2D eigenvalue weighted by Gasteiger charge is 2.16. The molecule has 0 spiro atoms. The fraction of sp³-hybridized carbons (Fsp3) is 0.211. The molecule has 0 fully saturated rings. The monoisotopic (exact) mass is 370 g/mol. The maximum absolute atomic E-state index is 11.8. The largest absolute Gasteiger partial charge is 0.454 e. The molecule has 1 atom stereocenters. The number of aliphatic hydroxyl groups is 1. The second-order valence-corrected chi connectivity index (χ2v) is 5.89. The van der Waals surface area contributed by atoms with Crippen molar-refractivity contribution in [3.05, 3.63) is 69.8 Å². The Hall–Kier alpha value is -3.39. The van der Waals surface area contributed by atoms with Crippen LogP contribution >= 0.6 is 0 Å². The number of non-ortho nitro benzene ring substituents is 1. The number of carbonyl (C=O) groups is 1. The predicted molar refractivity (Wildman–Crippen MR) is 97.3 cm³/mol. The summed E-state index contributed by atoms with van der Waals surface area (Å²) in [6.07, 6.45) is 2.51. The summed E-state index contributed by atoms with van der Waals surface area (Å²) < 4.78 is 10.5. The Morgan fingerprint density at radius 1 is 1.22 bits per heavy atom. The van der Waals surface area contributed by atoms with E-state index in [0.717, 1.165) is 0 Å². The van der Waals surface area contributed by atoms with Crippen LogP contribution in [-0.4, -0.2) is 29.3 Å². The third kappa shape index (κ3) is 4.83. The molecule has 8 nitrogen and oxygen atoms in total. The number of rotatable bonds is 7. The van der Waals surface area contributed by atoms with Crippen LogP contribution < -0.4 is 14.8 Å². The standard InChI is InChI=1S/C19H18N2O6/c22-16(14-4-7-17-18(11-14)27-12-26-17)9-10-20-19(23)8-3-13-1-5-15(6-2-13)21(24)25/h1-8,11,16,22H,9-10,12H2,(H,20,23)/b8-3+. The number of carbonyl (C=O) groups excluding carboxylic acids is 1. The van der Waals surface area contributed by atoms with E-state index in [1.807, 2.05) is 0 Å². The van der Waals surface area contributed by atoms with Crippen molar-refractivity contribution < 1.29 is 24.3 Å². The Labute approximate surface area is 155 Å². The number of hydrogen-bond acceptors (Lipinski definition) is 6. The Morgan fingerprint density at radius 2 is 1.96 bits per heavy atom. The van der Waals surface area contributed by atoms with Gasteiger partial charge < -0.3 is 19.9 Å². The zero-order valence-corrected chi connectivity index (χ0v) is 14.3. The molecule has 1 heterocycles. The average molecular weight is 370 g/mol. The highest BCUT2D eigenvalue weighted by atomic mass is 16.7. The molecular weight excluding hydrogens is 352 g/mol. The molecule has 3 rings (SSSR count). The van der Waals surface area contributed by atoms with Crippen molar-refractivity contribution in [3.8, 4) is 11.5 Å². The van der Waals surface area contributed by atoms with Crippen molar-refractivity contribution in [2.24, 2.45) is 0 Å². The van der Waals surface area contributed by atoms with Crippen LogP contribution in [0.2, 0.25) is 0 Å². The molecule has 0 aliphatic carbocycles. The summed E-state index contributed by atoms with van der Waals surface area (Å²) in [4.78, 5) is 22.0. The smallest absolute Gasteiger partial charge is 0.269 e. The van der Waals surface area contributed by atoms with Gasteiger partial charge >= 0.3 is 0 Å². The minimum atomic E-state index is -0.738. The summed E-state index contributed by atoms with van der Waals surface area (Å²) in [6.45, 7) is 0.463. The van der Waals surface area contributed by atoms with Gasteiger partial charge in [-0.2, -0.15) is 0 Å². The van der Waals surface area contributed by atoms with Crippen molar-refractivity contribution >= 4 is 17.7 Å². The van der Waals surface area contributed by atoms with E-state index in [-0.39, 0.29) is 18.4 Å². The molecule has 2 aromatic rings. The number of benzene rings is 2. The van der Waals surface area contributed by atoms with Crippen LogP contribution in [0.5, 0.6) is 11.5 Å². The van der Waals surface area contributed by atoms with E-state index in [1.54, 1.807) is 36.4 Å². The lowest BCUT2D eigenvalue weighted by Crippen LogP contribution is -2.23. The molecule has 2 N–H and O–H groups in total. The van der Waals surface area contributed by atoms with E-state index < -0.39 is 11.0 Å². The first-order valence-electron chi connectivity index (χ1n) is 8.31. The first-order chi connectivity index (χ1) is 13.0. The number of fused-ring (bicyclic) bond motifs is 1. The normalized spacial score (nSPS) is 13.5. The highest BCUT2D eigenvalue weighted by molar-refractivity contribution is 5.91. The number of hydrogen-bond donors (Lipinski definition) is 2. The Bertz CT molecular complexity index is 863. The molecule has 140 valence electrons. The van der Waals surface area contributed by atoms with Crippen LogP contribution in [0, 0.1) is 10.1 Å². The topological polar surface area (TPSA) is 111 Å². The second-order valence-electron chi connectivity index (χ2n) is 5.89. The van der Waals surface area contributed by atoms with Gasteiger partial charge in [-0.15, -0.1) is 0 Å². The maximum atomic E-state index is 11.8. The number of nitrogens with one attached hydrogen (secondary N) is 1. The van der Waals surface area contributed by atoms with Gasteiger partial charge in [0, 0.05) is 24.8 Å². The van der Waals surface area contributed by atoms with E-state index in [1.165, 1.54) is 18.2 Å². The first-order valence-corrected chi connectivity index (χ1v) is 8.31. The lowest BCUT2D eigenvalue weighted by Gasteiger charge is -2.11. The van der Waals surface area contributed by atoms with E-state index in [0.29, 0.717) is 35.6 Å². The molecule has 1 amide bonds. The van der Waals surface area contributed by atoms with Crippen LogP contribution in [0.15, 0.2) is 48.5 Å². The Balaban J connectivity index is 1.45. The minimum Gasteiger partial charge on any atom is -0.454 e. The van der Waals surface area contributed by atoms with Gasteiger partial charge in [0.2, 0.25) is 12.7 Å². The first kappa shape index (κ1) is 18.4. The van der Waals surface area contributed by atoms with Gasteiger partial charge in [-0.25, -0.2) is 0 Å². The van der Waals surface area contributed by atoms with Crippen molar-refractivity contribution in [1.82, 2.24) is 5.32 Å². The molecule has 0 aromatic heterocycles. The molecule has 0 saturated carbocycles. The second kappa shape index (κ2) is 8.33. The molecule has 0 radical (unpaired) electrons. The number of nitro benzene ring substituents is 1. The number of nitro groups is 1. The summed E-state index contributed by atoms with van der Waals surface area (Å²) in [5, 5.41) is 23.5. The van der Waals surface area contributed by atoms with Crippen LogP contribution in [0.4, 0.5) is 5.69 Å². The van der Waals surface area contributed by atoms with Gasteiger partial charge in [0.15, 0.2) is 11.5 Å². The molecule has 0 bridgehead atoms. The molecule has 8 heteroatoms. The summed E-state index contributed by atoms with van der Waals surface area (Å²) >= 11 is 0. The molecular formula is C19H18N2O6. The van der Waals surface area contributed by atoms with Crippen LogP contribution in [0.1, 0.15) is 23.7 Å². The van der Waals surface area contributed by atoms with Gasteiger partial charge in [0.05, 0.1) is 11.0 Å². The quantitative estimate of drug-likeness (QED) is 0.440. The van der Waals surface area contributed by atoms with Crippen LogP contribution in [0.25, 0.3) is 6.08 Å². The summed E-state index contributed by atoms with van der Waals surface area (Å²) in [5.74, 6) is 0.934. The highest BCUT2D eigenvalue weighted by Crippen LogP contribution is 2.34. The molecule has 1 aliphatic heterocycles. The molecule has 1 unspecified atom stereocenters. The third-order valence-electron chi connectivity index (χ3n) is 4.03. The summed E-state index contributed by atoms with van der Waals surface area (Å²) in [7, 11) is 0. The van der Waals surface area contributed by atoms with Crippen molar-refractivity contribution in [2.45, 2.75) is 12.5 Å². The van der Waals surface area contributed by atoms with Gasteiger partial charge in [0.25, 0.3) is 5.69 Å². The number of ether oxygens (including phenoxy) is 2. The van der Waals surface area contributed by atoms with Gasteiger partial charge in [0.1, 0.15) is 0 Å². The van der Waals surface area contributed by atoms with Crippen molar-refractivity contribution in [1.29, 1.82) is 0 Å². The number of nitrogens with zero attached hydrogens (tertiary/aromatic N) is 1. The molecule has 1 aliphatic rings. The summed E-state index contributed by atoms with van der Waals surface area (Å²) in [5.41, 5.74) is 1.36. The molecule has 27 heavy (non-hydrogen) atoms. The Kier molecular flexibility index (Phi) is 5.68. The maximum Gasteiger partial charge on any atom is 0.269 e. The molecule has 2 aromatic carbocycles. The van der Waals surface area contributed by atoms with Gasteiger partial charge in [-0.3, -0.25) is 14.9 Å². The fourth-order valence-electron chi connectivity index (χ4n) is 2.56. The zero-order chi connectivity index (χ0) is 19.2. The lowest BCUT2D eigenvalue weighted by atomic mass is 10.1. The predicted octanol–water partition coefficient (Wildman–Crippen LogP) is 2.58.